The minimum atomic E-state index is 0.189. The Morgan fingerprint density at radius 2 is 2.20 bits per heavy atom. The van der Waals surface area contributed by atoms with Gasteiger partial charge in [0.2, 0.25) is 0 Å². The van der Waals surface area contributed by atoms with E-state index in [0.717, 1.165) is 31.2 Å². The van der Waals surface area contributed by atoms with E-state index in [4.69, 9.17) is 4.74 Å². The van der Waals surface area contributed by atoms with Crippen LogP contribution in [0.25, 0.3) is 0 Å². The van der Waals surface area contributed by atoms with Crippen LogP contribution in [0.2, 0.25) is 0 Å². The minimum absolute atomic E-state index is 0.189. The lowest BCUT2D eigenvalue weighted by molar-refractivity contribution is 0.273. The van der Waals surface area contributed by atoms with E-state index in [1.807, 2.05) is 12.1 Å². The number of benzene rings is 1. The summed E-state index contributed by atoms with van der Waals surface area (Å²) in [5, 5.41) is 13.2. The molecule has 1 saturated carbocycles. The molecule has 1 aromatic carbocycles. The lowest BCUT2D eigenvalue weighted by Gasteiger charge is -2.22. The van der Waals surface area contributed by atoms with Crippen molar-refractivity contribution >= 4 is 0 Å². The third-order valence-electron chi connectivity index (χ3n) is 4.02. The highest BCUT2D eigenvalue weighted by molar-refractivity contribution is 5.42. The second-order valence-electron chi connectivity index (χ2n) is 5.47. The quantitative estimate of drug-likeness (QED) is 0.767. The van der Waals surface area contributed by atoms with Crippen molar-refractivity contribution in [2.75, 3.05) is 26.7 Å². The molecule has 0 spiro atoms. The van der Waals surface area contributed by atoms with Gasteiger partial charge < -0.3 is 15.2 Å². The van der Waals surface area contributed by atoms with Crippen molar-refractivity contribution in [3.63, 3.8) is 0 Å². The van der Waals surface area contributed by atoms with Gasteiger partial charge >= 0.3 is 0 Å². The maximum absolute atomic E-state index is 9.61. The van der Waals surface area contributed by atoms with Crippen molar-refractivity contribution in [1.29, 1.82) is 0 Å². The molecule has 0 saturated heterocycles. The van der Waals surface area contributed by atoms with Crippen LogP contribution >= 0.6 is 0 Å². The lowest BCUT2D eigenvalue weighted by Crippen LogP contribution is -2.34. The summed E-state index contributed by atoms with van der Waals surface area (Å²) in [7, 11) is 1.58. The molecular formula is C16H26N2O2. The predicted molar refractivity (Wildman–Crippen MR) is 81.3 cm³/mol. The van der Waals surface area contributed by atoms with Crippen molar-refractivity contribution in [1.82, 2.24) is 10.2 Å². The molecule has 112 valence electrons. The van der Waals surface area contributed by atoms with Crippen LogP contribution < -0.4 is 10.1 Å². The highest BCUT2D eigenvalue weighted by Crippen LogP contribution is 2.29. The van der Waals surface area contributed by atoms with Gasteiger partial charge in [-0.15, -0.1) is 0 Å². The van der Waals surface area contributed by atoms with E-state index in [1.165, 1.54) is 12.8 Å². The normalized spacial score (nSPS) is 16.4. The number of phenolic OH excluding ortho intramolecular Hbond substituents is 1. The van der Waals surface area contributed by atoms with Crippen LogP contribution in [0, 0.1) is 0 Å². The van der Waals surface area contributed by atoms with Crippen molar-refractivity contribution in [3.05, 3.63) is 23.8 Å². The summed E-state index contributed by atoms with van der Waals surface area (Å²) in [6, 6.07) is 6.60. The number of methoxy groups -OCH3 is 1. The highest BCUT2D eigenvalue weighted by atomic mass is 16.5. The Kier molecular flexibility index (Phi) is 5.26. The summed E-state index contributed by atoms with van der Waals surface area (Å²) < 4.78 is 5.15. The number of hydrogen-bond acceptors (Lipinski definition) is 4. The van der Waals surface area contributed by atoms with E-state index in [-0.39, 0.29) is 11.8 Å². The summed E-state index contributed by atoms with van der Waals surface area (Å²) >= 11 is 0. The molecular weight excluding hydrogens is 252 g/mol. The summed E-state index contributed by atoms with van der Waals surface area (Å²) in [6.45, 7) is 7.58. The fourth-order valence-electron chi connectivity index (χ4n) is 2.54. The van der Waals surface area contributed by atoms with Crippen LogP contribution in [-0.2, 0) is 0 Å². The second-order valence-corrected chi connectivity index (χ2v) is 5.47. The predicted octanol–water partition coefficient (Wildman–Crippen LogP) is 2.54. The zero-order valence-corrected chi connectivity index (χ0v) is 12.7. The Hall–Kier alpha value is -1.26. The fourth-order valence-corrected chi connectivity index (χ4v) is 2.54. The Labute approximate surface area is 121 Å². The number of nitrogens with zero attached hydrogens (tertiary/aromatic N) is 1. The number of nitrogens with one attached hydrogen (secondary N) is 1. The summed E-state index contributed by atoms with van der Waals surface area (Å²) in [4.78, 5) is 2.54. The molecule has 1 aliphatic rings. The number of ether oxygens (including phenoxy) is 1. The van der Waals surface area contributed by atoms with E-state index in [2.05, 4.69) is 24.1 Å². The Balaban J connectivity index is 1.83. The van der Waals surface area contributed by atoms with E-state index in [9.17, 15) is 5.11 Å². The number of aromatic hydroxyl groups is 1. The SMILES string of the molecule is CCN(CCNC(C)c1ccc(O)c(OC)c1)C1CC1. The van der Waals surface area contributed by atoms with E-state index in [0.29, 0.717) is 5.75 Å². The molecule has 1 atom stereocenters. The first-order valence-electron chi connectivity index (χ1n) is 7.50. The molecule has 0 aliphatic heterocycles. The second kappa shape index (κ2) is 6.95. The molecule has 2 rings (SSSR count). The van der Waals surface area contributed by atoms with Crippen LogP contribution in [0.1, 0.15) is 38.3 Å². The van der Waals surface area contributed by atoms with Crippen LogP contribution in [0.15, 0.2) is 18.2 Å². The lowest BCUT2D eigenvalue weighted by atomic mass is 10.1. The fraction of sp³-hybridized carbons (Fsp3) is 0.625. The molecule has 0 heterocycles. The van der Waals surface area contributed by atoms with Gasteiger partial charge in [-0.1, -0.05) is 13.0 Å². The summed E-state index contributed by atoms with van der Waals surface area (Å²) in [5.41, 5.74) is 1.13. The van der Waals surface area contributed by atoms with Gasteiger partial charge in [-0.3, -0.25) is 4.90 Å². The van der Waals surface area contributed by atoms with Gasteiger partial charge in [0, 0.05) is 25.2 Å². The Bertz CT molecular complexity index is 432. The molecule has 0 aromatic heterocycles. The van der Waals surface area contributed by atoms with E-state index < -0.39 is 0 Å². The third kappa shape index (κ3) is 3.87. The van der Waals surface area contributed by atoms with Crippen LogP contribution in [-0.4, -0.2) is 42.8 Å². The molecule has 1 aromatic rings. The number of rotatable bonds is 8. The summed E-state index contributed by atoms with van der Waals surface area (Å²) in [5.74, 6) is 0.721. The number of phenols is 1. The van der Waals surface area contributed by atoms with Gasteiger partial charge in [-0.05, 0) is 44.0 Å². The van der Waals surface area contributed by atoms with Crippen LogP contribution in [0.5, 0.6) is 11.5 Å². The first-order valence-corrected chi connectivity index (χ1v) is 7.50. The zero-order chi connectivity index (χ0) is 14.5. The Morgan fingerprint density at radius 1 is 1.45 bits per heavy atom. The first-order chi connectivity index (χ1) is 9.65. The average Bonchev–Trinajstić information content (AvgIpc) is 3.28. The molecule has 1 unspecified atom stereocenters. The van der Waals surface area contributed by atoms with Gasteiger partial charge in [0.05, 0.1) is 7.11 Å². The van der Waals surface area contributed by atoms with Gasteiger partial charge in [-0.25, -0.2) is 0 Å². The monoisotopic (exact) mass is 278 g/mol. The van der Waals surface area contributed by atoms with Crippen molar-refractivity contribution in [3.8, 4) is 11.5 Å². The van der Waals surface area contributed by atoms with E-state index >= 15 is 0 Å². The molecule has 0 amide bonds. The molecule has 1 fully saturated rings. The van der Waals surface area contributed by atoms with E-state index in [1.54, 1.807) is 13.2 Å². The maximum atomic E-state index is 9.61. The van der Waals surface area contributed by atoms with Crippen molar-refractivity contribution in [2.24, 2.45) is 0 Å². The zero-order valence-electron chi connectivity index (χ0n) is 12.7. The highest BCUT2D eigenvalue weighted by Gasteiger charge is 2.27. The number of likely N-dealkylation sites (N-methyl/N-ethyl adjacent to an activating group) is 1. The standard InChI is InChI=1S/C16H26N2O2/c1-4-18(14-6-7-14)10-9-17-12(2)13-5-8-15(19)16(11-13)20-3/h5,8,11-12,14,17,19H,4,6-7,9-10H2,1-3H3. The van der Waals surface area contributed by atoms with Crippen LogP contribution in [0.3, 0.4) is 0 Å². The molecule has 20 heavy (non-hydrogen) atoms. The molecule has 2 N–H and O–H groups in total. The Morgan fingerprint density at radius 3 is 2.80 bits per heavy atom. The van der Waals surface area contributed by atoms with Gasteiger partial charge in [-0.2, -0.15) is 0 Å². The van der Waals surface area contributed by atoms with Crippen molar-refractivity contribution < 1.29 is 9.84 Å². The molecule has 4 heteroatoms. The van der Waals surface area contributed by atoms with Gasteiger partial charge in [0.25, 0.3) is 0 Å². The topological polar surface area (TPSA) is 44.7 Å². The molecule has 4 nitrogen and oxygen atoms in total. The third-order valence-corrected chi connectivity index (χ3v) is 4.02. The molecule has 0 bridgehead atoms. The van der Waals surface area contributed by atoms with Crippen LogP contribution in [0.4, 0.5) is 0 Å². The van der Waals surface area contributed by atoms with Gasteiger partial charge in [0.1, 0.15) is 0 Å². The average molecular weight is 278 g/mol. The molecule has 1 aliphatic carbocycles. The molecule has 0 radical (unpaired) electrons. The number of hydrogen-bond donors (Lipinski definition) is 2. The maximum Gasteiger partial charge on any atom is 0.160 e. The van der Waals surface area contributed by atoms with Crippen molar-refractivity contribution in [2.45, 2.75) is 38.8 Å². The smallest absolute Gasteiger partial charge is 0.160 e. The minimum Gasteiger partial charge on any atom is -0.504 e. The first kappa shape index (κ1) is 15.1. The summed E-state index contributed by atoms with van der Waals surface area (Å²) in [6.07, 6.45) is 2.72. The largest absolute Gasteiger partial charge is 0.504 e. The van der Waals surface area contributed by atoms with Gasteiger partial charge in [0.15, 0.2) is 11.5 Å².